The minimum absolute atomic E-state index is 0.0714. The molecular formula is C10H15N5O2S. The minimum Gasteiger partial charge on any atom is -0.382 e. The second-order valence-electron chi connectivity index (χ2n) is 4.01. The van der Waals surface area contributed by atoms with E-state index in [1.165, 1.54) is 18.4 Å². The normalized spacial score (nSPS) is 14.1. The van der Waals surface area contributed by atoms with Gasteiger partial charge in [-0.3, -0.25) is 9.59 Å². The second kappa shape index (κ2) is 5.21. The number of nitrogens with zero attached hydrogens (tertiary/aromatic N) is 1. The van der Waals surface area contributed by atoms with Gasteiger partial charge in [-0.25, -0.2) is 4.98 Å². The van der Waals surface area contributed by atoms with Gasteiger partial charge in [0.25, 0.3) is 5.91 Å². The molecule has 1 saturated carbocycles. The molecule has 0 atom stereocenters. The van der Waals surface area contributed by atoms with Crippen LogP contribution in [0.1, 0.15) is 22.5 Å². The molecular weight excluding hydrogens is 254 g/mol. The fourth-order valence-electron chi connectivity index (χ4n) is 1.29. The van der Waals surface area contributed by atoms with Crippen LogP contribution in [0.3, 0.4) is 0 Å². The van der Waals surface area contributed by atoms with E-state index in [9.17, 15) is 9.59 Å². The first-order valence-electron chi connectivity index (χ1n) is 5.61. The summed E-state index contributed by atoms with van der Waals surface area (Å²) in [6.45, 7) is -0.0714. The van der Waals surface area contributed by atoms with E-state index in [0.29, 0.717) is 16.1 Å². The first kappa shape index (κ1) is 12.6. The van der Waals surface area contributed by atoms with Crippen LogP contribution in [0.25, 0.3) is 0 Å². The van der Waals surface area contributed by atoms with Gasteiger partial charge in [-0.15, -0.1) is 0 Å². The Balaban J connectivity index is 1.95. The molecule has 1 aromatic rings. The molecule has 0 aromatic carbocycles. The van der Waals surface area contributed by atoms with Crippen molar-refractivity contribution < 1.29 is 9.59 Å². The zero-order chi connectivity index (χ0) is 13.1. The van der Waals surface area contributed by atoms with Crippen molar-refractivity contribution in [3.05, 3.63) is 4.88 Å². The van der Waals surface area contributed by atoms with Gasteiger partial charge in [0.05, 0.1) is 6.54 Å². The largest absolute Gasteiger partial charge is 0.382 e. The van der Waals surface area contributed by atoms with E-state index in [1.54, 1.807) is 0 Å². The van der Waals surface area contributed by atoms with E-state index >= 15 is 0 Å². The summed E-state index contributed by atoms with van der Waals surface area (Å²) in [5.74, 6) is -0.447. The van der Waals surface area contributed by atoms with Gasteiger partial charge in [0.15, 0.2) is 5.13 Å². The van der Waals surface area contributed by atoms with Crippen molar-refractivity contribution in [2.24, 2.45) is 0 Å². The van der Waals surface area contributed by atoms with Crippen molar-refractivity contribution in [2.45, 2.75) is 18.9 Å². The molecule has 5 N–H and O–H groups in total. The van der Waals surface area contributed by atoms with Gasteiger partial charge in [-0.1, -0.05) is 11.3 Å². The third-order valence-electron chi connectivity index (χ3n) is 2.45. The minimum atomic E-state index is -0.377. The molecule has 8 heteroatoms. The monoisotopic (exact) mass is 269 g/mol. The number of nitrogens with one attached hydrogen (secondary N) is 3. The zero-order valence-electron chi connectivity index (χ0n) is 9.95. The van der Waals surface area contributed by atoms with Crippen LogP contribution in [0.2, 0.25) is 0 Å². The Morgan fingerprint density at radius 3 is 2.83 bits per heavy atom. The lowest BCUT2D eigenvalue weighted by Crippen LogP contribution is -2.35. The number of hydrogen-bond acceptors (Lipinski definition) is 6. The summed E-state index contributed by atoms with van der Waals surface area (Å²) in [6.07, 6.45) is 2.25. The van der Waals surface area contributed by atoms with Crippen molar-refractivity contribution >= 4 is 34.1 Å². The first-order chi connectivity index (χ1) is 8.60. The number of anilines is 2. The molecule has 2 rings (SSSR count). The molecule has 1 fully saturated rings. The summed E-state index contributed by atoms with van der Waals surface area (Å²) in [5, 5.41) is 8.73. The lowest BCUT2D eigenvalue weighted by Gasteiger charge is -2.02. The molecule has 1 aliphatic rings. The van der Waals surface area contributed by atoms with Crippen molar-refractivity contribution in [1.29, 1.82) is 0 Å². The van der Waals surface area contributed by atoms with Crippen molar-refractivity contribution in [3.63, 3.8) is 0 Å². The van der Waals surface area contributed by atoms with Crippen molar-refractivity contribution in [2.75, 3.05) is 24.6 Å². The molecule has 0 unspecified atom stereocenters. The molecule has 1 aromatic heterocycles. The molecule has 1 aliphatic carbocycles. The van der Waals surface area contributed by atoms with Crippen LogP contribution in [-0.2, 0) is 4.79 Å². The summed E-state index contributed by atoms with van der Waals surface area (Å²) in [6, 6.07) is 0.456. The topological polar surface area (TPSA) is 109 Å². The Morgan fingerprint density at radius 1 is 1.50 bits per heavy atom. The maximum atomic E-state index is 11.8. The fraction of sp³-hybridized carbons (Fsp3) is 0.500. The van der Waals surface area contributed by atoms with Gasteiger partial charge in [0, 0.05) is 13.1 Å². The van der Waals surface area contributed by atoms with Gasteiger partial charge < -0.3 is 21.7 Å². The Hall–Kier alpha value is -1.83. The molecule has 1 heterocycles. The number of carbonyl (C=O) groups is 2. The Kier molecular flexibility index (Phi) is 3.66. The van der Waals surface area contributed by atoms with Gasteiger partial charge >= 0.3 is 0 Å². The van der Waals surface area contributed by atoms with Crippen LogP contribution < -0.4 is 21.7 Å². The third-order valence-corrected chi connectivity index (χ3v) is 3.45. The molecule has 7 nitrogen and oxygen atoms in total. The maximum absolute atomic E-state index is 11.8. The average Bonchev–Trinajstić information content (AvgIpc) is 3.08. The Labute approximate surface area is 108 Å². The van der Waals surface area contributed by atoms with Crippen LogP contribution in [0.15, 0.2) is 0 Å². The quantitative estimate of drug-likeness (QED) is 0.590. The Morgan fingerprint density at radius 2 is 2.22 bits per heavy atom. The van der Waals surface area contributed by atoms with Gasteiger partial charge in [0.1, 0.15) is 10.7 Å². The molecule has 2 amide bonds. The molecule has 0 bridgehead atoms. The predicted molar refractivity (Wildman–Crippen MR) is 69.6 cm³/mol. The van der Waals surface area contributed by atoms with Gasteiger partial charge in [-0.05, 0) is 12.8 Å². The lowest BCUT2D eigenvalue weighted by molar-refractivity contribution is -0.119. The van der Waals surface area contributed by atoms with Crippen molar-refractivity contribution in [1.82, 2.24) is 15.6 Å². The highest BCUT2D eigenvalue weighted by atomic mass is 32.1. The van der Waals surface area contributed by atoms with E-state index in [-0.39, 0.29) is 24.2 Å². The highest BCUT2D eigenvalue weighted by Crippen LogP contribution is 2.30. The van der Waals surface area contributed by atoms with E-state index in [2.05, 4.69) is 20.9 Å². The zero-order valence-corrected chi connectivity index (χ0v) is 10.8. The van der Waals surface area contributed by atoms with Crippen LogP contribution in [0.5, 0.6) is 0 Å². The number of nitrogens with two attached hydrogens (primary N) is 1. The SMILES string of the molecule is CNC(=O)CNC(=O)c1sc(NC2CC2)nc1N. The van der Waals surface area contributed by atoms with E-state index in [1.807, 2.05) is 0 Å². The predicted octanol–water partition coefficient (Wildman–Crippen LogP) is -0.225. The maximum Gasteiger partial charge on any atom is 0.265 e. The fourth-order valence-corrected chi connectivity index (χ4v) is 2.17. The van der Waals surface area contributed by atoms with E-state index in [0.717, 1.165) is 12.8 Å². The smallest absolute Gasteiger partial charge is 0.265 e. The summed E-state index contributed by atoms with van der Waals surface area (Å²) in [4.78, 5) is 27.2. The molecule has 98 valence electrons. The van der Waals surface area contributed by atoms with Crippen LogP contribution in [0.4, 0.5) is 10.9 Å². The highest BCUT2D eigenvalue weighted by molar-refractivity contribution is 7.18. The van der Waals surface area contributed by atoms with Crippen molar-refractivity contribution in [3.8, 4) is 0 Å². The van der Waals surface area contributed by atoms with Crippen LogP contribution in [0, 0.1) is 0 Å². The number of carbonyl (C=O) groups excluding carboxylic acids is 2. The number of rotatable bonds is 5. The molecule has 0 spiro atoms. The third kappa shape index (κ3) is 3.10. The molecule has 0 saturated heterocycles. The Bertz CT molecular complexity index is 469. The molecule has 0 radical (unpaired) electrons. The number of thiazole rings is 1. The first-order valence-corrected chi connectivity index (χ1v) is 6.43. The van der Waals surface area contributed by atoms with Crippen LogP contribution in [-0.4, -0.2) is 36.4 Å². The summed E-state index contributed by atoms with van der Waals surface area (Å²) in [5.41, 5.74) is 5.68. The number of nitrogen functional groups attached to an aromatic ring is 1. The molecule has 18 heavy (non-hydrogen) atoms. The van der Waals surface area contributed by atoms with Gasteiger partial charge in [-0.2, -0.15) is 0 Å². The number of amides is 2. The number of hydrogen-bond donors (Lipinski definition) is 4. The summed E-state index contributed by atoms with van der Waals surface area (Å²) in [7, 11) is 1.51. The van der Waals surface area contributed by atoms with E-state index < -0.39 is 0 Å². The van der Waals surface area contributed by atoms with Gasteiger partial charge in [0.2, 0.25) is 5.91 Å². The molecule has 0 aliphatic heterocycles. The summed E-state index contributed by atoms with van der Waals surface area (Å²) >= 11 is 1.20. The van der Waals surface area contributed by atoms with E-state index in [4.69, 9.17) is 5.73 Å². The van der Waals surface area contributed by atoms with Crippen LogP contribution >= 0.6 is 11.3 Å². The highest BCUT2D eigenvalue weighted by Gasteiger charge is 2.24. The second-order valence-corrected chi connectivity index (χ2v) is 5.01. The standard InChI is InChI=1S/C10H15N5O2S/c1-12-6(16)4-13-9(17)7-8(11)15-10(18-7)14-5-2-3-5/h5H,2-4,11H2,1H3,(H,12,16)(H,13,17)(H,14,15). The number of likely N-dealkylation sites (N-methyl/N-ethyl adjacent to an activating group) is 1. The number of aromatic nitrogens is 1. The average molecular weight is 269 g/mol. The summed E-state index contributed by atoms with van der Waals surface area (Å²) < 4.78 is 0. The lowest BCUT2D eigenvalue weighted by atomic mass is 10.4.